The molecular formula is C31H33N5O2. The maximum absolute atomic E-state index is 13.3. The normalized spacial score (nSPS) is 11.4. The van der Waals surface area contributed by atoms with Gasteiger partial charge in [0.1, 0.15) is 11.4 Å². The highest BCUT2D eigenvalue weighted by atomic mass is 16.2. The van der Waals surface area contributed by atoms with E-state index in [9.17, 15) is 9.59 Å². The van der Waals surface area contributed by atoms with E-state index in [0.29, 0.717) is 23.4 Å². The van der Waals surface area contributed by atoms with Gasteiger partial charge in [0.15, 0.2) is 0 Å². The zero-order chi connectivity index (χ0) is 26.9. The number of rotatable bonds is 10. The van der Waals surface area contributed by atoms with Gasteiger partial charge in [-0.2, -0.15) is 5.10 Å². The molecular weight excluding hydrogens is 474 g/mol. The number of amides is 2. The van der Waals surface area contributed by atoms with Gasteiger partial charge < -0.3 is 15.5 Å². The number of nitrogens with zero attached hydrogens (tertiary/aromatic N) is 3. The van der Waals surface area contributed by atoms with Gasteiger partial charge in [-0.25, -0.2) is 4.68 Å². The van der Waals surface area contributed by atoms with E-state index in [1.54, 1.807) is 22.9 Å². The molecule has 0 radical (unpaired) electrons. The first-order valence-electron chi connectivity index (χ1n) is 12.6. The molecule has 2 amide bonds. The number of aryl methyl sites for hydroxylation is 1. The highest BCUT2D eigenvalue weighted by molar-refractivity contribution is 6.05. The molecule has 4 aromatic rings. The zero-order valence-electron chi connectivity index (χ0n) is 22.0. The topological polar surface area (TPSA) is 79.3 Å². The molecule has 0 bridgehead atoms. The summed E-state index contributed by atoms with van der Waals surface area (Å²) >= 11 is 0. The largest absolute Gasteiger partial charge is 0.351 e. The summed E-state index contributed by atoms with van der Waals surface area (Å²) in [4.78, 5) is 28.5. The lowest BCUT2D eigenvalue weighted by Crippen LogP contribution is -2.36. The molecule has 7 nitrogen and oxygen atoms in total. The van der Waals surface area contributed by atoms with Gasteiger partial charge in [0.2, 0.25) is 0 Å². The molecule has 0 saturated heterocycles. The number of para-hydroxylation sites is 1. The molecule has 0 aliphatic carbocycles. The van der Waals surface area contributed by atoms with Gasteiger partial charge in [-0.3, -0.25) is 9.59 Å². The molecule has 0 aliphatic rings. The SMILES string of the molecule is Cc1ccc(C(=O)N/C(=C\c2cn(-c3ccccc3)nc2-c2ccccc2)C(=O)NCCCN(C)C)cc1. The van der Waals surface area contributed by atoms with E-state index in [0.717, 1.165) is 29.8 Å². The predicted octanol–water partition coefficient (Wildman–Crippen LogP) is 4.69. The second kappa shape index (κ2) is 12.7. The third-order valence-electron chi connectivity index (χ3n) is 5.98. The average Bonchev–Trinajstić information content (AvgIpc) is 3.35. The number of carbonyl (C=O) groups is 2. The minimum atomic E-state index is -0.351. The number of hydrogen-bond acceptors (Lipinski definition) is 4. The lowest BCUT2D eigenvalue weighted by molar-refractivity contribution is -0.117. The van der Waals surface area contributed by atoms with Crippen LogP contribution in [0.4, 0.5) is 0 Å². The van der Waals surface area contributed by atoms with Crippen molar-refractivity contribution >= 4 is 17.9 Å². The maximum Gasteiger partial charge on any atom is 0.267 e. The van der Waals surface area contributed by atoms with Crippen molar-refractivity contribution in [3.8, 4) is 16.9 Å². The monoisotopic (exact) mass is 507 g/mol. The predicted molar refractivity (Wildman–Crippen MR) is 152 cm³/mol. The fourth-order valence-corrected chi connectivity index (χ4v) is 3.93. The van der Waals surface area contributed by atoms with Crippen molar-refractivity contribution in [2.75, 3.05) is 27.2 Å². The molecule has 0 aliphatic heterocycles. The molecule has 194 valence electrons. The molecule has 3 aromatic carbocycles. The summed E-state index contributed by atoms with van der Waals surface area (Å²) in [6.07, 6.45) is 4.36. The quantitative estimate of drug-likeness (QED) is 0.241. The summed E-state index contributed by atoms with van der Waals surface area (Å²) < 4.78 is 1.78. The first kappa shape index (κ1) is 26.6. The summed E-state index contributed by atoms with van der Waals surface area (Å²) in [5, 5.41) is 10.6. The molecule has 0 saturated carbocycles. The van der Waals surface area contributed by atoms with Gasteiger partial charge in [-0.15, -0.1) is 0 Å². The first-order chi connectivity index (χ1) is 18.4. The summed E-state index contributed by atoms with van der Waals surface area (Å²) in [6.45, 7) is 3.30. The Morgan fingerprint density at radius 3 is 2.24 bits per heavy atom. The Morgan fingerprint density at radius 1 is 0.921 bits per heavy atom. The molecule has 0 spiro atoms. The zero-order valence-corrected chi connectivity index (χ0v) is 22.0. The van der Waals surface area contributed by atoms with E-state index < -0.39 is 0 Å². The van der Waals surface area contributed by atoms with Crippen LogP contribution in [0.1, 0.15) is 27.9 Å². The lowest BCUT2D eigenvalue weighted by atomic mass is 10.1. The van der Waals surface area contributed by atoms with Crippen LogP contribution in [-0.2, 0) is 4.79 Å². The fraction of sp³-hybridized carbons (Fsp3) is 0.194. The molecule has 7 heteroatoms. The van der Waals surface area contributed by atoms with E-state index in [1.165, 1.54) is 0 Å². The van der Waals surface area contributed by atoms with E-state index in [-0.39, 0.29) is 17.5 Å². The van der Waals surface area contributed by atoms with Gasteiger partial charge in [0, 0.05) is 29.4 Å². The Balaban J connectivity index is 1.71. The maximum atomic E-state index is 13.3. The smallest absolute Gasteiger partial charge is 0.267 e. The van der Waals surface area contributed by atoms with Crippen molar-refractivity contribution in [3.63, 3.8) is 0 Å². The van der Waals surface area contributed by atoms with Crippen LogP contribution in [0.3, 0.4) is 0 Å². The van der Waals surface area contributed by atoms with Crippen LogP contribution in [0.5, 0.6) is 0 Å². The van der Waals surface area contributed by atoms with Crippen molar-refractivity contribution in [3.05, 3.63) is 114 Å². The Hall–Kier alpha value is -4.49. The molecule has 0 atom stereocenters. The highest BCUT2D eigenvalue weighted by Crippen LogP contribution is 2.25. The molecule has 0 fully saturated rings. The van der Waals surface area contributed by atoms with Crippen LogP contribution in [0.15, 0.2) is 96.8 Å². The molecule has 1 heterocycles. The minimum absolute atomic E-state index is 0.158. The van der Waals surface area contributed by atoms with Gasteiger partial charge in [-0.1, -0.05) is 66.2 Å². The van der Waals surface area contributed by atoms with Gasteiger partial charge >= 0.3 is 0 Å². The van der Waals surface area contributed by atoms with E-state index in [1.807, 2.05) is 100 Å². The Labute approximate surface area is 223 Å². The van der Waals surface area contributed by atoms with Crippen LogP contribution in [-0.4, -0.2) is 53.7 Å². The van der Waals surface area contributed by atoms with E-state index in [2.05, 4.69) is 15.5 Å². The minimum Gasteiger partial charge on any atom is -0.351 e. The number of nitrogens with one attached hydrogen (secondary N) is 2. The number of hydrogen-bond donors (Lipinski definition) is 2. The molecule has 38 heavy (non-hydrogen) atoms. The standard InChI is InChI=1S/C31H33N5O2/c1-23-15-17-25(18-16-23)30(37)33-28(31(38)32-19-10-20-35(2)3)21-26-22-36(27-13-8-5-9-14-27)34-29(26)24-11-6-4-7-12-24/h4-9,11-18,21-22H,10,19-20H2,1-3H3,(H,32,38)(H,33,37)/b28-21-. The van der Waals surface area contributed by atoms with Crippen LogP contribution in [0.2, 0.25) is 0 Å². The van der Waals surface area contributed by atoms with Crippen molar-refractivity contribution in [1.82, 2.24) is 25.3 Å². The first-order valence-corrected chi connectivity index (χ1v) is 12.6. The Kier molecular flexibility index (Phi) is 8.85. The molecule has 1 aromatic heterocycles. The summed E-state index contributed by atoms with van der Waals surface area (Å²) in [5.41, 5.74) is 4.90. The number of benzene rings is 3. The van der Waals surface area contributed by atoms with Crippen LogP contribution < -0.4 is 10.6 Å². The van der Waals surface area contributed by atoms with Crippen molar-refractivity contribution in [2.24, 2.45) is 0 Å². The second-order valence-corrected chi connectivity index (χ2v) is 9.37. The summed E-state index contributed by atoms with van der Waals surface area (Å²) in [6, 6.07) is 26.8. The molecule has 4 rings (SSSR count). The van der Waals surface area contributed by atoms with E-state index in [4.69, 9.17) is 5.10 Å². The van der Waals surface area contributed by atoms with Crippen molar-refractivity contribution in [1.29, 1.82) is 0 Å². The lowest BCUT2D eigenvalue weighted by Gasteiger charge is -2.13. The second-order valence-electron chi connectivity index (χ2n) is 9.37. The number of carbonyl (C=O) groups excluding carboxylic acids is 2. The van der Waals surface area contributed by atoms with Crippen molar-refractivity contribution < 1.29 is 9.59 Å². The highest BCUT2D eigenvalue weighted by Gasteiger charge is 2.18. The van der Waals surface area contributed by atoms with Crippen molar-refractivity contribution in [2.45, 2.75) is 13.3 Å². The average molecular weight is 508 g/mol. The van der Waals surface area contributed by atoms with Gasteiger partial charge in [-0.05, 0) is 64.3 Å². The van der Waals surface area contributed by atoms with Crippen LogP contribution >= 0.6 is 0 Å². The summed E-state index contributed by atoms with van der Waals surface area (Å²) in [5.74, 6) is -0.702. The molecule has 0 unspecified atom stereocenters. The third-order valence-corrected chi connectivity index (χ3v) is 5.98. The Bertz CT molecular complexity index is 1390. The van der Waals surface area contributed by atoms with Crippen LogP contribution in [0, 0.1) is 6.92 Å². The van der Waals surface area contributed by atoms with Gasteiger partial charge in [0.05, 0.1) is 5.69 Å². The van der Waals surface area contributed by atoms with Crippen LogP contribution in [0.25, 0.3) is 23.0 Å². The number of aromatic nitrogens is 2. The van der Waals surface area contributed by atoms with E-state index >= 15 is 0 Å². The third kappa shape index (κ3) is 7.05. The molecule has 2 N–H and O–H groups in total. The van der Waals surface area contributed by atoms with Gasteiger partial charge in [0.25, 0.3) is 11.8 Å². The fourth-order valence-electron chi connectivity index (χ4n) is 3.93. The summed E-state index contributed by atoms with van der Waals surface area (Å²) in [7, 11) is 3.98. The Morgan fingerprint density at radius 2 is 1.58 bits per heavy atom.